The summed E-state index contributed by atoms with van der Waals surface area (Å²) in [5, 5.41) is 47.2. The van der Waals surface area contributed by atoms with Crippen molar-refractivity contribution in [2.45, 2.75) is 51.0 Å². The van der Waals surface area contributed by atoms with Crippen LogP contribution in [0.5, 0.6) is 0 Å². The summed E-state index contributed by atoms with van der Waals surface area (Å²) in [5.41, 5.74) is 0.867. The van der Waals surface area contributed by atoms with Gasteiger partial charge in [-0.3, -0.25) is 0 Å². The van der Waals surface area contributed by atoms with Crippen LogP contribution in [0.15, 0.2) is 23.8 Å². The standard InChI is InChI=1S/C16H28O7/c1-10(7-17)5-3-4-6-11(2)9-22-16-15(21)14(20)13(19)12(8-18)23-16/h3-5,11-21H,6-9H2,1-2H3/b4-3+,10-5+/t11-,12-,13-,14+,15-,16-/m1/s1. The third-order valence-electron chi connectivity index (χ3n) is 3.70. The van der Waals surface area contributed by atoms with Crippen LogP contribution in [-0.4, -0.2) is 76.1 Å². The Morgan fingerprint density at radius 2 is 1.87 bits per heavy atom. The van der Waals surface area contributed by atoms with Crippen LogP contribution < -0.4 is 0 Å². The molecule has 0 spiro atoms. The number of aliphatic hydroxyl groups excluding tert-OH is 5. The molecule has 1 aliphatic rings. The van der Waals surface area contributed by atoms with Gasteiger partial charge in [0.2, 0.25) is 0 Å². The van der Waals surface area contributed by atoms with Gasteiger partial charge < -0.3 is 35.0 Å². The van der Waals surface area contributed by atoms with Gasteiger partial charge in [-0.15, -0.1) is 0 Å². The fraction of sp³-hybridized carbons (Fsp3) is 0.750. The number of aliphatic hydroxyl groups is 5. The Morgan fingerprint density at radius 3 is 2.48 bits per heavy atom. The van der Waals surface area contributed by atoms with E-state index >= 15 is 0 Å². The summed E-state index contributed by atoms with van der Waals surface area (Å²) in [6.45, 7) is 3.63. The Balaban J connectivity index is 2.41. The molecule has 5 N–H and O–H groups in total. The first-order chi connectivity index (χ1) is 10.9. The SMILES string of the molecule is C/C(=C\C=C\C[C@@H](C)CO[C@@H]1O[C@H](CO)[C@@H](O)[C@H](O)[C@H]1O)CO. The van der Waals surface area contributed by atoms with E-state index in [1.165, 1.54) is 0 Å². The van der Waals surface area contributed by atoms with Crippen molar-refractivity contribution in [3.05, 3.63) is 23.8 Å². The lowest BCUT2D eigenvalue weighted by Crippen LogP contribution is -2.59. The molecule has 23 heavy (non-hydrogen) atoms. The van der Waals surface area contributed by atoms with E-state index in [-0.39, 0.29) is 19.1 Å². The highest BCUT2D eigenvalue weighted by atomic mass is 16.7. The molecular formula is C16H28O7. The molecule has 0 aromatic carbocycles. The molecule has 1 aliphatic heterocycles. The molecule has 0 amide bonds. The van der Waals surface area contributed by atoms with Crippen molar-refractivity contribution in [1.29, 1.82) is 0 Å². The first-order valence-electron chi connectivity index (χ1n) is 7.76. The average Bonchev–Trinajstić information content (AvgIpc) is 2.55. The minimum Gasteiger partial charge on any atom is -0.394 e. The summed E-state index contributed by atoms with van der Waals surface area (Å²) >= 11 is 0. The smallest absolute Gasteiger partial charge is 0.186 e. The summed E-state index contributed by atoms with van der Waals surface area (Å²) in [4.78, 5) is 0. The average molecular weight is 332 g/mol. The third-order valence-corrected chi connectivity index (χ3v) is 3.70. The molecule has 0 aliphatic carbocycles. The maximum absolute atomic E-state index is 9.85. The molecule has 1 heterocycles. The minimum absolute atomic E-state index is 0.0279. The van der Waals surface area contributed by atoms with Crippen LogP contribution in [0.4, 0.5) is 0 Å². The molecule has 0 aromatic rings. The Kier molecular flexibility index (Phi) is 8.93. The summed E-state index contributed by atoms with van der Waals surface area (Å²) in [6.07, 6.45) is 0.137. The Labute approximate surface area is 136 Å². The van der Waals surface area contributed by atoms with Crippen LogP contribution >= 0.6 is 0 Å². The van der Waals surface area contributed by atoms with Crippen molar-refractivity contribution in [2.24, 2.45) is 5.92 Å². The Morgan fingerprint density at radius 1 is 1.17 bits per heavy atom. The summed E-state index contributed by atoms with van der Waals surface area (Å²) in [6, 6.07) is 0. The lowest BCUT2D eigenvalue weighted by atomic mass is 9.99. The van der Waals surface area contributed by atoms with Crippen LogP contribution in [0.3, 0.4) is 0 Å². The van der Waals surface area contributed by atoms with E-state index in [4.69, 9.17) is 19.7 Å². The summed E-state index contributed by atoms with van der Waals surface area (Å²) < 4.78 is 10.7. The molecule has 0 unspecified atom stereocenters. The zero-order chi connectivity index (χ0) is 17.4. The molecule has 0 bridgehead atoms. The fourth-order valence-corrected chi connectivity index (χ4v) is 2.13. The molecule has 0 aromatic heterocycles. The highest BCUT2D eigenvalue weighted by Gasteiger charge is 2.44. The van der Waals surface area contributed by atoms with Gasteiger partial charge in [-0.25, -0.2) is 0 Å². The maximum Gasteiger partial charge on any atom is 0.186 e. The first kappa shape index (κ1) is 20.2. The van der Waals surface area contributed by atoms with Gasteiger partial charge in [0, 0.05) is 0 Å². The van der Waals surface area contributed by atoms with Gasteiger partial charge in [-0.2, -0.15) is 0 Å². The van der Waals surface area contributed by atoms with Crippen LogP contribution in [0, 0.1) is 5.92 Å². The molecule has 0 radical (unpaired) electrons. The molecule has 1 rings (SSSR count). The number of ether oxygens (including phenoxy) is 2. The van der Waals surface area contributed by atoms with Gasteiger partial charge in [-0.1, -0.05) is 25.2 Å². The first-order valence-corrected chi connectivity index (χ1v) is 7.76. The lowest BCUT2D eigenvalue weighted by Gasteiger charge is -2.39. The monoisotopic (exact) mass is 332 g/mol. The van der Waals surface area contributed by atoms with Crippen molar-refractivity contribution >= 4 is 0 Å². The van der Waals surface area contributed by atoms with E-state index in [2.05, 4.69) is 0 Å². The third kappa shape index (κ3) is 6.31. The maximum atomic E-state index is 9.85. The van der Waals surface area contributed by atoms with E-state index in [1.807, 2.05) is 32.1 Å². The van der Waals surface area contributed by atoms with Crippen LogP contribution in [0.2, 0.25) is 0 Å². The molecule has 6 atom stereocenters. The van der Waals surface area contributed by atoms with Gasteiger partial charge in [0.25, 0.3) is 0 Å². The number of allylic oxidation sites excluding steroid dienone is 3. The van der Waals surface area contributed by atoms with Crippen molar-refractivity contribution in [3.63, 3.8) is 0 Å². The van der Waals surface area contributed by atoms with Crippen molar-refractivity contribution < 1.29 is 35.0 Å². The van der Waals surface area contributed by atoms with Crippen LogP contribution in [-0.2, 0) is 9.47 Å². The van der Waals surface area contributed by atoms with Crippen molar-refractivity contribution in [1.82, 2.24) is 0 Å². The molecular weight excluding hydrogens is 304 g/mol. The highest BCUT2D eigenvalue weighted by molar-refractivity contribution is 5.10. The fourth-order valence-electron chi connectivity index (χ4n) is 2.13. The van der Waals surface area contributed by atoms with E-state index in [0.717, 1.165) is 12.0 Å². The van der Waals surface area contributed by atoms with Crippen LogP contribution in [0.25, 0.3) is 0 Å². The van der Waals surface area contributed by atoms with Gasteiger partial charge in [0.1, 0.15) is 24.4 Å². The summed E-state index contributed by atoms with van der Waals surface area (Å²) in [5.74, 6) is 0.140. The van der Waals surface area contributed by atoms with Gasteiger partial charge in [0.05, 0.1) is 19.8 Å². The lowest BCUT2D eigenvalue weighted by molar-refractivity contribution is -0.302. The predicted molar refractivity (Wildman–Crippen MR) is 83.5 cm³/mol. The van der Waals surface area contributed by atoms with Gasteiger partial charge in [-0.05, 0) is 24.8 Å². The molecule has 1 fully saturated rings. The summed E-state index contributed by atoms with van der Waals surface area (Å²) in [7, 11) is 0. The number of hydrogen-bond acceptors (Lipinski definition) is 7. The highest BCUT2D eigenvalue weighted by Crippen LogP contribution is 2.22. The zero-order valence-electron chi connectivity index (χ0n) is 13.6. The van der Waals surface area contributed by atoms with E-state index in [9.17, 15) is 15.3 Å². The van der Waals surface area contributed by atoms with Gasteiger partial charge in [0.15, 0.2) is 6.29 Å². The van der Waals surface area contributed by atoms with Gasteiger partial charge >= 0.3 is 0 Å². The molecule has 0 saturated carbocycles. The quantitative estimate of drug-likeness (QED) is 0.374. The molecule has 1 saturated heterocycles. The zero-order valence-corrected chi connectivity index (χ0v) is 13.6. The normalized spacial score (nSPS) is 34.0. The Bertz CT molecular complexity index is 394. The predicted octanol–water partition coefficient (Wildman–Crippen LogP) is -0.676. The number of hydrogen-bond donors (Lipinski definition) is 5. The van der Waals surface area contributed by atoms with Crippen molar-refractivity contribution in [3.8, 4) is 0 Å². The second kappa shape index (κ2) is 10.1. The second-order valence-corrected chi connectivity index (χ2v) is 5.97. The number of rotatable bonds is 8. The van der Waals surface area contributed by atoms with E-state index in [0.29, 0.717) is 0 Å². The van der Waals surface area contributed by atoms with Crippen molar-refractivity contribution in [2.75, 3.05) is 19.8 Å². The van der Waals surface area contributed by atoms with Crippen LogP contribution in [0.1, 0.15) is 20.3 Å². The Hall–Kier alpha value is -0.800. The molecule has 7 nitrogen and oxygen atoms in total. The van der Waals surface area contributed by atoms with E-state index < -0.39 is 37.3 Å². The second-order valence-electron chi connectivity index (χ2n) is 5.97. The molecule has 7 heteroatoms. The van der Waals surface area contributed by atoms with E-state index in [1.54, 1.807) is 0 Å². The topological polar surface area (TPSA) is 120 Å². The largest absolute Gasteiger partial charge is 0.394 e. The molecule has 134 valence electrons. The minimum atomic E-state index is -1.42.